The van der Waals surface area contributed by atoms with Crippen molar-refractivity contribution in [1.29, 1.82) is 0 Å². The summed E-state index contributed by atoms with van der Waals surface area (Å²) in [5.74, 6) is 1.74. The minimum Gasteiger partial charge on any atom is -0.493 e. The molecule has 2 unspecified atom stereocenters. The average Bonchev–Trinajstić information content (AvgIpc) is 2.77. The molecule has 20 heavy (non-hydrogen) atoms. The van der Waals surface area contributed by atoms with E-state index in [1.165, 1.54) is 12.8 Å². The highest BCUT2D eigenvalue weighted by Gasteiger charge is 2.40. The van der Waals surface area contributed by atoms with Gasteiger partial charge in [-0.1, -0.05) is 31.9 Å². The lowest BCUT2D eigenvalue weighted by atomic mass is 9.78. The van der Waals surface area contributed by atoms with Crippen LogP contribution in [0.4, 0.5) is 0 Å². The fourth-order valence-electron chi connectivity index (χ4n) is 3.19. The molecule has 1 saturated carbocycles. The molecule has 1 aliphatic rings. The van der Waals surface area contributed by atoms with Crippen molar-refractivity contribution in [2.45, 2.75) is 38.5 Å². The molecule has 0 heterocycles. The van der Waals surface area contributed by atoms with E-state index in [0.717, 1.165) is 12.0 Å². The molecular formula is C16H22Cl2O2. The molecule has 1 aromatic rings. The third kappa shape index (κ3) is 2.87. The SMILES string of the molecule is COc1cc(Cl)c(C(Cl)C2CCCC2(C)C)cc1OC. The zero-order chi connectivity index (χ0) is 14.9. The third-order valence-corrected chi connectivity index (χ3v) is 5.36. The number of rotatable bonds is 4. The van der Waals surface area contributed by atoms with Gasteiger partial charge in [-0.2, -0.15) is 0 Å². The molecule has 0 aliphatic heterocycles. The van der Waals surface area contributed by atoms with Gasteiger partial charge in [0.05, 0.1) is 19.6 Å². The minimum atomic E-state index is -0.0974. The number of hydrogen-bond donors (Lipinski definition) is 0. The van der Waals surface area contributed by atoms with E-state index in [9.17, 15) is 0 Å². The minimum absolute atomic E-state index is 0.0974. The van der Waals surface area contributed by atoms with Crippen molar-refractivity contribution in [2.24, 2.45) is 11.3 Å². The van der Waals surface area contributed by atoms with Crippen LogP contribution in [0.2, 0.25) is 5.02 Å². The molecule has 0 radical (unpaired) electrons. The normalized spacial score (nSPS) is 22.6. The second-order valence-corrected chi connectivity index (χ2v) is 7.00. The Morgan fingerprint density at radius 2 is 1.80 bits per heavy atom. The van der Waals surface area contributed by atoms with Crippen molar-refractivity contribution in [3.05, 3.63) is 22.7 Å². The highest BCUT2D eigenvalue weighted by atomic mass is 35.5. The molecule has 0 spiro atoms. The van der Waals surface area contributed by atoms with Gasteiger partial charge < -0.3 is 9.47 Å². The van der Waals surface area contributed by atoms with Gasteiger partial charge in [0.15, 0.2) is 11.5 Å². The number of halogens is 2. The molecule has 0 N–H and O–H groups in total. The molecule has 1 aliphatic carbocycles. The van der Waals surface area contributed by atoms with Gasteiger partial charge in [0.25, 0.3) is 0 Å². The van der Waals surface area contributed by atoms with Crippen molar-refractivity contribution in [2.75, 3.05) is 14.2 Å². The second kappa shape index (κ2) is 6.03. The van der Waals surface area contributed by atoms with Crippen molar-refractivity contribution >= 4 is 23.2 Å². The summed E-state index contributed by atoms with van der Waals surface area (Å²) in [5.41, 5.74) is 1.19. The summed E-state index contributed by atoms with van der Waals surface area (Å²) < 4.78 is 10.6. The molecule has 2 rings (SSSR count). The summed E-state index contributed by atoms with van der Waals surface area (Å²) in [6, 6.07) is 3.69. The Morgan fingerprint density at radius 3 is 2.30 bits per heavy atom. The Bertz CT molecular complexity index is 486. The predicted octanol–water partition coefficient (Wildman–Crippen LogP) is 5.46. The van der Waals surface area contributed by atoms with E-state index in [0.29, 0.717) is 22.4 Å². The van der Waals surface area contributed by atoms with Crippen LogP contribution in [-0.4, -0.2) is 14.2 Å². The maximum absolute atomic E-state index is 6.75. The first-order valence-electron chi connectivity index (χ1n) is 6.96. The van der Waals surface area contributed by atoms with Crippen LogP contribution in [0.5, 0.6) is 11.5 Å². The van der Waals surface area contributed by atoms with Crippen LogP contribution in [0.1, 0.15) is 44.1 Å². The molecule has 0 amide bonds. The number of hydrogen-bond acceptors (Lipinski definition) is 2. The van der Waals surface area contributed by atoms with E-state index in [2.05, 4.69) is 13.8 Å². The van der Waals surface area contributed by atoms with Gasteiger partial charge in [0.1, 0.15) is 0 Å². The summed E-state index contributed by atoms with van der Waals surface area (Å²) in [7, 11) is 3.23. The Morgan fingerprint density at radius 1 is 1.20 bits per heavy atom. The zero-order valence-electron chi connectivity index (χ0n) is 12.5. The first-order chi connectivity index (χ1) is 9.40. The fraction of sp³-hybridized carbons (Fsp3) is 0.625. The smallest absolute Gasteiger partial charge is 0.162 e. The molecule has 2 nitrogen and oxygen atoms in total. The average molecular weight is 317 g/mol. The van der Waals surface area contributed by atoms with E-state index in [1.807, 2.05) is 6.07 Å². The maximum Gasteiger partial charge on any atom is 0.162 e. The lowest BCUT2D eigenvalue weighted by Gasteiger charge is -2.31. The largest absolute Gasteiger partial charge is 0.493 e. The Balaban J connectivity index is 2.37. The van der Waals surface area contributed by atoms with Crippen LogP contribution in [0.3, 0.4) is 0 Å². The maximum atomic E-state index is 6.75. The van der Waals surface area contributed by atoms with Crippen molar-refractivity contribution in [3.8, 4) is 11.5 Å². The second-order valence-electron chi connectivity index (χ2n) is 6.12. The van der Waals surface area contributed by atoms with Crippen LogP contribution in [0.25, 0.3) is 0 Å². The summed E-state index contributed by atoms with van der Waals surface area (Å²) in [6.07, 6.45) is 3.59. The van der Waals surface area contributed by atoms with Gasteiger partial charge in [0.2, 0.25) is 0 Å². The molecule has 112 valence electrons. The van der Waals surface area contributed by atoms with Crippen LogP contribution in [0, 0.1) is 11.3 Å². The lowest BCUT2D eigenvalue weighted by molar-refractivity contribution is 0.252. The molecule has 2 atom stereocenters. The first-order valence-corrected chi connectivity index (χ1v) is 7.77. The summed E-state index contributed by atoms with van der Waals surface area (Å²) >= 11 is 13.1. The molecule has 1 fully saturated rings. The number of alkyl halides is 1. The van der Waals surface area contributed by atoms with Gasteiger partial charge in [-0.15, -0.1) is 11.6 Å². The van der Waals surface area contributed by atoms with Gasteiger partial charge in [-0.05, 0) is 35.8 Å². The Kier molecular flexibility index (Phi) is 4.76. The third-order valence-electron chi connectivity index (χ3n) is 4.49. The Labute approximate surface area is 131 Å². The molecule has 4 heteroatoms. The predicted molar refractivity (Wildman–Crippen MR) is 84.3 cm³/mol. The van der Waals surface area contributed by atoms with Crippen molar-refractivity contribution < 1.29 is 9.47 Å². The highest BCUT2D eigenvalue weighted by molar-refractivity contribution is 6.33. The highest BCUT2D eigenvalue weighted by Crippen LogP contribution is 2.53. The number of ether oxygens (including phenoxy) is 2. The molecule has 0 saturated heterocycles. The molecule has 0 aromatic heterocycles. The topological polar surface area (TPSA) is 18.5 Å². The molecule has 1 aromatic carbocycles. The van der Waals surface area contributed by atoms with E-state index in [-0.39, 0.29) is 10.8 Å². The quantitative estimate of drug-likeness (QED) is 0.686. The van der Waals surface area contributed by atoms with Crippen LogP contribution >= 0.6 is 23.2 Å². The van der Waals surface area contributed by atoms with E-state index in [4.69, 9.17) is 32.7 Å². The lowest BCUT2D eigenvalue weighted by Crippen LogP contribution is -2.21. The number of methoxy groups -OCH3 is 2. The van der Waals surface area contributed by atoms with Gasteiger partial charge in [-0.25, -0.2) is 0 Å². The molecule has 0 bridgehead atoms. The summed E-state index contributed by atoms with van der Waals surface area (Å²) in [6.45, 7) is 4.57. The van der Waals surface area contributed by atoms with E-state index in [1.54, 1.807) is 20.3 Å². The fourth-order valence-corrected chi connectivity index (χ4v) is 4.17. The van der Waals surface area contributed by atoms with E-state index >= 15 is 0 Å². The van der Waals surface area contributed by atoms with Crippen LogP contribution in [0.15, 0.2) is 12.1 Å². The van der Waals surface area contributed by atoms with Crippen LogP contribution in [-0.2, 0) is 0 Å². The van der Waals surface area contributed by atoms with Crippen molar-refractivity contribution in [1.82, 2.24) is 0 Å². The first kappa shape index (κ1) is 15.8. The van der Waals surface area contributed by atoms with Gasteiger partial charge in [0, 0.05) is 11.1 Å². The monoisotopic (exact) mass is 316 g/mol. The summed E-state index contributed by atoms with van der Waals surface area (Å²) in [4.78, 5) is 0. The van der Waals surface area contributed by atoms with Gasteiger partial charge in [-0.3, -0.25) is 0 Å². The van der Waals surface area contributed by atoms with Gasteiger partial charge >= 0.3 is 0 Å². The zero-order valence-corrected chi connectivity index (χ0v) is 14.0. The van der Waals surface area contributed by atoms with Crippen molar-refractivity contribution in [3.63, 3.8) is 0 Å². The molecular weight excluding hydrogens is 295 g/mol. The standard InChI is InChI=1S/C16H22Cl2O2/c1-16(2)7-5-6-11(16)15(18)10-8-13(19-3)14(20-4)9-12(10)17/h8-9,11,15H,5-7H2,1-4H3. The summed E-state index contributed by atoms with van der Waals surface area (Å²) in [5, 5.41) is 0.546. The Hall–Kier alpha value is -0.600. The van der Waals surface area contributed by atoms with Crippen LogP contribution < -0.4 is 9.47 Å². The number of benzene rings is 1. The van der Waals surface area contributed by atoms with E-state index < -0.39 is 0 Å².